The maximum absolute atomic E-state index is 13.3. The van der Waals surface area contributed by atoms with Gasteiger partial charge < -0.3 is 14.8 Å². The maximum Gasteiger partial charge on any atom is 0.411 e. The van der Waals surface area contributed by atoms with E-state index in [4.69, 9.17) is 9.47 Å². The van der Waals surface area contributed by atoms with Crippen molar-refractivity contribution in [1.29, 1.82) is 0 Å². The summed E-state index contributed by atoms with van der Waals surface area (Å²) in [6.07, 6.45) is 3.37. The summed E-state index contributed by atoms with van der Waals surface area (Å²) >= 11 is 0. The minimum absolute atomic E-state index is 0.170. The monoisotopic (exact) mass is 438 g/mol. The van der Waals surface area contributed by atoms with E-state index in [0.717, 1.165) is 0 Å². The summed E-state index contributed by atoms with van der Waals surface area (Å²) < 4.78 is 11.2. The molecule has 0 saturated carbocycles. The number of hydrogen-bond acceptors (Lipinski definition) is 6. The van der Waals surface area contributed by atoms with Crippen molar-refractivity contribution in [2.24, 2.45) is 5.92 Å². The molecule has 0 aliphatic carbocycles. The van der Waals surface area contributed by atoms with Gasteiger partial charge in [-0.05, 0) is 54.9 Å². The first-order valence-electron chi connectivity index (χ1n) is 10.8. The second kappa shape index (κ2) is 10.3. The van der Waals surface area contributed by atoms with Crippen LogP contribution >= 0.6 is 0 Å². The fourth-order valence-electron chi connectivity index (χ4n) is 3.71. The van der Waals surface area contributed by atoms with E-state index in [9.17, 15) is 19.2 Å². The lowest BCUT2D eigenvalue weighted by Gasteiger charge is -2.36. The number of carbonyl (C=O) groups is 4. The Bertz CT molecular complexity index is 717. The zero-order valence-electron chi connectivity index (χ0n) is 20.3. The van der Waals surface area contributed by atoms with Crippen LogP contribution in [0.4, 0.5) is 4.79 Å². The maximum atomic E-state index is 13.3. The van der Waals surface area contributed by atoms with Gasteiger partial charge in [0.2, 0.25) is 5.91 Å². The summed E-state index contributed by atoms with van der Waals surface area (Å²) in [6, 6.07) is -2.69. The Balaban J connectivity index is 3.55. The van der Waals surface area contributed by atoms with Gasteiger partial charge in [-0.2, -0.15) is 0 Å². The van der Waals surface area contributed by atoms with Crippen LogP contribution in [0, 0.1) is 5.92 Å². The third-order valence-electron chi connectivity index (χ3n) is 4.71. The van der Waals surface area contributed by atoms with Gasteiger partial charge in [-0.15, -0.1) is 0 Å². The van der Waals surface area contributed by atoms with Gasteiger partial charge in [0.05, 0.1) is 6.04 Å². The highest BCUT2D eigenvalue weighted by molar-refractivity contribution is 5.91. The summed E-state index contributed by atoms with van der Waals surface area (Å²) in [5.41, 5.74) is -1.56. The SMILES string of the molecule is C/C=C\[C@@H]1C[C@H](C(=O)OC(C)(C)C)N(C(=O)OC(C)(C)C)[C@H]1[C@@H](NC(C)=O)C(=O)CC. The van der Waals surface area contributed by atoms with E-state index >= 15 is 0 Å². The van der Waals surface area contributed by atoms with Crippen LogP contribution in [0.1, 0.15) is 75.2 Å². The largest absolute Gasteiger partial charge is 0.458 e. The lowest BCUT2D eigenvalue weighted by atomic mass is 9.89. The molecule has 1 rings (SSSR count). The molecule has 8 nitrogen and oxygen atoms in total. The van der Waals surface area contributed by atoms with Crippen molar-refractivity contribution in [1.82, 2.24) is 10.2 Å². The highest BCUT2D eigenvalue weighted by Gasteiger charge is 2.53. The van der Waals surface area contributed by atoms with Gasteiger partial charge in [0.15, 0.2) is 5.78 Å². The molecule has 1 aliphatic rings. The molecule has 4 atom stereocenters. The molecule has 0 radical (unpaired) electrons. The van der Waals surface area contributed by atoms with Crippen molar-refractivity contribution < 1.29 is 28.7 Å². The summed E-state index contributed by atoms with van der Waals surface area (Å²) in [6.45, 7) is 15.3. The molecule has 31 heavy (non-hydrogen) atoms. The van der Waals surface area contributed by atoms with Gasteiger partial charge in [0, 0.05) is 19.3 Å². The second-order valence-corrected chi connectivity index (χ2v) is 9.85. The summed E-state index contributed by atoms with van der Waals surface area (Å²) in [5, 5.41) is 2.69. The molecular weight excluding hydrogens is 400 g/mol. The van der Waals surface area contributed by atoms with Gasteiger partial charge in [0.1, 0.15) is 23.3 Å². The predicted molar refractivity (Wildman–Crippen MR) is 117 cm³/mol. The number of hydrogen-bond donors (Lipinski definition) is 1. The Hall–Kier alpha value is -2.38. The summed E-state index contributed by atoms with van der Waals surface area (Å²) in [5.74, 6) is -1.53. The van der Waals surface area contributed by atoms with Gasteiger partial charge in [-0.25, -0.2) is 9.59 Å². The molecule has 8 heteroatoms. The molecule has 0 aromatic rings. The van der Waals surface area contributed by atoms with E-state index < -0.39 is 47.3 Å². The minimum atomic E-state index is -0.969. The van der Waals surface area contributed by atoms with Crippen molar-refractivity contribution in [2.75, 3.05) is 0 Å². The summed E-state index contributed by atoms with van der Waals surface area (Å²) in [7, 11) is 0. The molecule has 0 aromatic carbocycles. The molecule has 2 amide bonds. The van der Waals surface area contributed by atoms with Crippen molar-refractivity contribution in [3.63, 3.8) is 0 Å². The molecule has 0 unspecified atom stereocenters. The first kappa shape index (κ1) is 26.7. The van der Waals surface area contributed by atoms with E-state index in [2.05, 4.69) is 5.32 Å². The number of esters is 1. The first-order valence-corrected chi connectivity index (χ1v) is 10.8. The van der Waals surface area contributed by atoms with Gasteiger partial charge >= 0.3 is 12.1 Å². The Kier molecular flexibility index (Phi) is 8.84. The highest BCUT2D eigenvalue weighted by Crippen LogP contribution is 2.36. The molecule has 1 N–H and O–H groups in total. The van der Waals surface area contributed by atoms with E-state index in [1.165, 1.54) is 11.8 Å². The van der Waals surface area contributed by atoms with Gasteiger partial charge in [-0.3, -0.25) is 14.5 Å². The predicted octanol–water partition coefficient (Wildman–Crippen LogP) is 3.38. The number of carbonyl (C=O) groups excluding carboxylic acids is 4. The fraction of sp³-hybridized carbons (Fsp3) is 0.739. The molecule has 0 spiro atoms. The van der Waals surface area contributed by atoms with Crippen LogP contribution < -0.4 is 5.32 Å². The minimum Gasteiger partial charge on any atom is -0.458 e. The van der Waals surface area contributed by atoms with E-state index in [0.29, 0.717) is 0 Å². The van der Waals surface area contributed by atoms with Crippen molar-refractivity contribution in [3.05, 3.63) is 12.2 Å². The number of amides is 2. The summed E-state index contributed by atoms with van der Waals surface area (Å²) in [4.78, 5) is 52.3. The van der Waals surface area contributed by atoms with E-state index in [-0.39, 0.29) is 24.5 Å². The van der Waals surface area contributed by atoms with Crippen molar-refractivity contribution in [2.45, 2.75) is 104 Å². The van der Waals surface area contributed by atoms with Crippen LogP contribution in [0.5, 0.6) is 0 Å². The number of ketones is 1. The number of Topliss-reactive ketones (excluding diaryl/α,β-unsaturated/α-hetero) is 1. The standard InChI is InChI=1S/C23H38N2O6/c1-10-12-15-13-16(20(28)30-22(4,5)6)25(21(29)31-23(7,8)9)19(15)18(17(27)11-2)24-14(3)26/h10,12,15-16,18-19H,11,13H2,1-9H3,(H,24,26)/b12-10-/t15-,16-,18+,19-/m1/s1. The lowest BCUT2D eigenvalue weighted by Crippen LogP contribution is -2.59. The normalized spacial score (nSPS) is 22.9. The quantitative estimate of drug-likeness (QED) is 0.504. The van der Waals surface area contributed by atoms with E-state index in [1.54, 1.807) is 48.5 Å². The smallest absolute Gasteiger partial charge is 0.411 e. The van der Waals surface area contributed by atoms with Crippen LogP contribution in [0.25, 0.3) is 0 Å². The zero-order valence-corrected chi connectivity index (χ0v) is 20.3. The molecule has 1 aliphatic heterocycles. The fourth-order valence-corrected chi connectivity index (χ4v) is 3.71. The molecule has 0 bridgehead atoms. The number of nitrogens with one attached hydrogen (secondary N) is 1. The molecule has 1 fully saturated rings. The number of ether oxygens (including phenoxy) is 2. The number of rotatable bonds is 6. The van der Waals surface area contributed by atoms with Crippen LogP contribution in [0.15, 0.2) is 12.2 Å². The second-order valence-electron chi connectivity index (χ2n) is 9.85. The average Bonchev–Trinajstić information content (AvgIpc) is 2.95. The average molecular weight is 439 g/mol. The number of nitrogens with zero attached hydrogens (tertiary/aromatic N) is 1. The van der Waals surface area contributed by atoms with Crippen LogP contribution in [0.3, 0.4) is 0 Å². The number of allylic oxidation sites excluding steroid dienone is 1. The highest BCUT2D eigenvalue weighted by atomic mass is 16.6. The Morgan fingerprint density at radius 3 is 2.03 bits per heavy atom. The topological polar surface area (TPSA) is 102 Å². The van der Waals surface area contributed by atoms with Gasteiger partial charge in [-0.1, -0.05) is 19.1 Å². The van der Waals surface area contributed by atoms with Crippen LogP contribution in [0.2, 0.25) is 0 Å². The molecule has 1 heterocycles. The molecular formula is C23H38N2O6. The first-order chi connectivity index (χ1) is 14.1. The van der Waals surface area contributed by atoms with E-state index in [1.807, 2.05) is 19.1 Å². The van der Waals surface area contributed by atoms with Crippen LogP contribution in [-0.4, -0.2) is 58.0 Å². The Morgan fingerprint density at radius 2 is 1.61 bits per heavy atom. The lowest BCUT2D eigenvalue weighted by molar-refractivity contribution is -0.160. The number of likely N-dealkylation sites (tertiary alicyclic amines) is 1. The van der Waals surface area contributed by atoms with Crippen LogP contribution in [-0.2, 0) is 23.9 Å². The molecule has 176 valence electrons. The van der Waals surface area contributed by atoms with Gasteiger partial charge in [0.25, 0.3) is 0 Å². The third-order valence-corrected chi connectivity index (χ3v) is 4.71. The molecule has 0 aromatic heterocycles. The Labute approximate surface area is 185 Å². The third kappa shape index (κ3) is 7.67. The molecule has 1 saturated heterocycles. The van der Waals surface area contributed by atoms with Crippen molar-refractivity contribution >= 4 is 23.8 Å². The Morgan fingerprint density at radius 1 is 1.06 bits per heavy atom. The van der Waals surface area contributed by atoms with Crippen molar-refractivity contribution in [3.8, 4) is 0 Å². The zero-order chi connectivity index (χ0) is 24.1.